The maximum Gasteiger partial charge on any atom is 0.257 e. The number of carbonyl (C=O) groups is 1. The van der Waals surface area contributed by atoms with Gasteiger partial charge in [0.05, 0.1) is 11.7 Å². The first kappa shape index (κ1) is 15.1. The van der Waals surface area contributed by atoms with Crippen LogP contribution in [-0.4, -0.2) is 30.1 Å². The number of carbonyl (C=O) groups excluding carboxylic acids is 1. The highest BCUT2D eigenvalue weighted by Gasteiger charge is 2.36. The molecule has 1 amide bonds. The molecule has 2 aliphatic rings. The molecule has 2 aliphatic heterocycles. The van der Waals surface area contributed by atoms with Gasteiger partial charge in [0.1, 0.15) is 12.0 Å². The predicted molar refractivity (Wildman–Crippen MR) is 89.2 cm³/mol. The van der Waals surface area contributed by atoms with Gasteiger partial charge < -0.3 is 15.0 Å². The van der Waals surface area contributed by atoms with Gasteiger partial charge >= 0.3 is 0 Å². The average Bonchev–Trinajstić information content (AvgIpc) is 3.11. The van der Waals surface area contributed by atoms with E-state index in [1.165, 1.54) is 6.07 Å². The van der Waals surface area contributed by atoms with Crippen LogP contribution in [0.1, 0.15) is 34.9 Å². The zero-order chi connectivity index (χ0) is 16.5. The number of rotatable bonds is 3. The number of hydrogen-bond acceptors (Lipinski definition) is 3. The topological polar surface area (TPSA) is 41.6 Å². The van der Waals surface area contributed by atoms with Gasteiger partial charge in [-0.05, 0) is 31.0 Å². The van der Waals surface area contributed by atoms with Crippen molar-refractivity contribution >= 4 is 11.6 Å². The summed E-state index contributed by atoms with van der Waals surface area (Å²) in [7, 11) is 0. The fourth-order valence-electron chi connectivity index (χ4n) is 3.43. The van der Waals surface area contributed by atoms with Gasteiger partial charge in [0.25, 0.3) is 5.91 Å². The van der Waals surface area contributed by atoms with Crippen molar-refractivity contribution in [3.8, 4) is 0 Å². The fourth-order valence-corrected chi connectivity index (χ4v) is 3.43. The van der Waals surface area contributed by atoms with Crippen LogP contribution in [0.4, 0.5) is 10.1 Å². The first-order chi connectivity index (χ1) is 11.7. The second-order valence-electron chi connectivity index (χ2n) is 6.21. The van der Waals surface area contributed by atoms with Crippen LogP contribution in [0.15, 0.2) is 48.5 Å². The van der Waals surface area contributed by atoms with E-state index in [-0.39, 0.29) is 17.8 Å². The van der Waals surface area contributed by atoms with Crippen LogP contribution in [0, 0.1) is 5.82 Å². The van der Waals surface area contributed by atoms with Gasteiger partial charge in [-0.3, -0.25) is 4.79 Å². The van der Waals surface area contributed by atoms with Gasteiger partial charge in [0, 0.05) is 24.4 Å². The van der Waals surface area contributed by atoms with Gasteiger partial charge in [-0.15, -0.1) is 0 Å². The van der Waals surface area contributed by atoms with Crippen LogP contribution < -0.4 is 5.32 Å². The molecule has 1 fully saturated rings. The molecule has 124 valence electrons. The summed E-state index contributed by atoms with van der Waals surface area (Å²) < 4.78 is 20.0. The summed E-state index contributed by atoms with van der Waals surface area (Å²) >= 11 is 0. The van der Waals surface area contributed by atoms with Gasteiger partial charge in [0.15, 0.2) is 0 Å². The van der Waals surface area contributed by atoms with E-state index in [1.54, 1.807) is 29.2 Å². The number of halogens is 1. The third kappa shape index (κ3) is 2.65. The van der Waals surface area contributed by atoms with E-state index < -0.39 is 6.17 Å². The van der Waals surface area contributed by atoms with Crippen molar-refractivity contribution in [2.45, 2.75) is 25.1 Å². The van der Waals surface area contributed by atoms with Crippen molar-refractivity contribution < 1.29 is 13.9 Å². The van der Waals surface area contributed by atoms with E-state index >= 15 is 0 Å². The molecule has 0 bridgehead atoms. The average molecular weight is 326 g/mol. The second-order valence-corrected chi connectivity index (χ2v) is 6.21. The Hall–Kier alpha value is -2.40. The summed E-state index contributed by atoms with van der Waals surface area (Å²) in [5.41, 5.74) is 1.82. The molecule has 2 atom stereocenters. The van der Waals surface area contributed by atoms with E-state index in [2.05, 4.69) is 5.32 Å². The zero-order valence-electron chi connectivity index (χ0n) is 13.2. The number of benzene rings is 2. The number of anilines is 1. The molecule has 1 N–H and O–H groups in total. The van der Waals surface area contributed by atoms with Crippen molar-refractivity contribution in [1.29, 1.82) is 0 Å². The fraction of sp³-hybridized carbons (Fsp3) is 0.316. The molecule has 1 saturated heterocycles. The Labute approximate surface area is 140 Å². The van der Waals surface area contributed by atoms with Crippen LogP contribution in [0.2, 0.25) is 0 Å². The maximum atomic E-state index is 14.4. The molecule has 5 heteroatoms. The lowest BCUT2D eigenvalue weighted by atomic mass is 10.0. The third-order valence-electron chi connectivity index (χ3n) is 4.65. The molecule has 0 unspecified atom stereocenters. The van der Waals surface area contributed by atoms with Gasteiger partial charge in [-0.2, -0.15) is 0 Å². The lowest BCUT2D eigenvalue weighted by Gasteiger charge is -2.39. The number of ether oxygens (including phenoxy) is 1. The summed E-state index contributed by atoms with van der Waals surface area (Å²) in [6.45, 7) is 1.18. The van der Waals surface area contributed by atoms with Crippen LogP contribution in [0.25, 0.3) is 0 Å². The highest BCUT2D eigenvalue weighted by Crippen LogP contribution is 2.34. The first-order valence-corrected chi connectivity index (χ1v) is 8.26. The normalized spacial score (nSPS) is 23.0. The number of hydrogen-bond donors (Lipinski definition) is 1. The molecular weight excluding hydrogens is 307 g/mol. The predicted octanol–water partition coefficient (Wildman–Crippen LogP) is 3.57. The minimum atomic E-state index is -0.530. The van der Waals surface area contributed by atoms with Crippen molar-refractivity contribution in [3.05, 3.63) is 65.5 Å². The smallest absolute Gasteiger partial charge is 0.257 e. The summed E-state index contributed by atoms with van der Waals surface area (Å²) in [5, 5.41) is 3.32. The monoisotopic (exact) mass is 326 g/mol. The lowest BCUT2D eigenvalue weighted by molar-refractivity contribution is 0.0423. The summed E-state index contributed by atoms with van der Waals surface area (Å²) in [5.74, 6) is -0.410. The van der Waals surface area contributed by atoms with E-state index in [0.29, 0.717) is 17.7 Å². The number of nitrogens with one attached hydrogen (secondary N) is 1. The largest absolute Gasteiger partial charge is 0.376 e. The molecular formula is C19H19FN2O2. The van der Waals surface area contributed by atoms with Gasteiger partial charge in [-0.1, -0.05) is 30.3 Å². The summed E-state index contributed by atoms with van der Waals surface area (Å²) in [6, 6.07) is 13.9. The standard InChI is InChI=1S/C19H19FN2O2/c20-16-9-3-1-7-14(16)18-21-17-10-4-2-8-15(17)19(23)22(18)12-13-6-5-11-24-13/h1-4,7-10,13,18,21H,5-6,11-12H2/t13-,18+/m1/s1. The third-order valence-corrected chi connectivity index (χ3v) is 4.65. The molecule has 0 spiro atoms. The molecule has 0 radical (unpaired) electrons. The highest BCUT2D eigenvalue weighted by molar-refractivity contribution is 6.01. The summed E-state index contributed by atoms with van der Waals surface area (Å²) in [6.07, 6.45) is 1.41. The molecule has 0 aromatic heterocycles. The molecule has 4 nitrogen and oxygen atoms in total. The molecule has 0 aliphatic carbocycles. The van der Waals surface area contributed by atoms with Crippen molar-refractivity contribution in [1.82, 2.24) is 4.90 Å². The second kappa shape index (κ2) is 6.24. The van der Waals surface area contributed by atoms with Gasteiger partial charge in [0.2, 0.25) is 0 Å². The number of fused-ring (bicyclic) bond motifs is 1. The molecule has 2 aromatic carbocycles. The van der Waals surface area contributed by atoms with Gasteiger partial charge in [-0.25, -0.2) is 4.39 Å². The zero-order valence-corrected chi connectivity index (χ0v) is 13.2. The summed E-state index contributed by atoms with van der Waals surface area (Å²) in [4.78, 5) is 14.7. The lowest BCUT2D eigenvalue weighted by Crippen LogP contribution is -2.46. The number of amides is 1. The van der Waals surface area contributed by atoms with E-state index in [4.69, 9.17) is 4.74 Å². The van der Waals surface area contributed by atoms with Crippen LogP contribution in [-0.2, 0) is 4.74 Å². The Kier molecular flexibility index (Phi) is 3.94. The SMILES string of the molecule is O=C1c2ccccc2N[C@H](c2ccccc2F)N1C[C@H]1CCCO1. The Bertz CT molecular complexity index is 759. The molecule has 24 heavy (non-hydrogen) atoms. The molecule has 4 rings (SSSR count). The molecule has 0 saturated carbocycles. The van der Waals surface area contributed by atoms with E-state index in [0.717, 1.165) is 25.1 Å². The van der Waals surface area contributed by atoms with Crippen LogP contribution in [0.3, 0.4) is 0 Å². The maximum absolute atomic E-state index is 14.4. The minimum absolute atomic E-state index is 0.00952. The van der Waals surface area contributed by atoms with Crippen molar-refractivity contribution in [3.63, 3.8) is 0 Å². The Morgan fingerprint density at radius 1 is 1.17 bits per heavy atom. The Morgan fingerprint density at radius 3 is 2.75 bits per heavy atom. The van der Waals surface area contributed by atoms with E-state index in [1.807, 2.05) is 18.2 Å². The Morgan fingerprint density at radius 2 is 1.96 bits per heavy atom. The number of para-hydroxylation sites is 1. The first-order valence-electron chi connectivity index (χ1n) is 8.26. The molecule has 2 heterocycles. The van der Waals surface area contributed by atoms with Crippen molar-refractivity contribution in [2.75, 3.05) is 18.5 Å². The minimum Gasteiger partial charge on any atom is -0.376 e. The number of nitrogens with zero attached hydrogens (tertiary/aromatic N) is 1. The van der Waals surface area contributed by atoms with Crippen molar-refractivity contribution in [2.24, 2.45) is 0 Å². The quantitative estimate of drug-likeness (QED) is 0.937. The Balaban J connectivity index is 1.73. The van der Waals surface area contributed by atoms with Crippen LogP contribution >= 0.6 is 0 Å². The van der Waals surface area contributed by atoms with Crippen LogP contribution in [0.5, 0.6) is 0 Å². The molecule has 2 aromatic rings. The highest BCUT2D eigenvalue weighted by atomic mass is 19.1. The van der Waals surface area contributed by atoms with E-state index in [9.17, 15) is 9.18 Å².